The Morgan fingerprint density at radius 1 is 0.760 bits per heavy atom. The third-order valence-corrected chi connectivity index (χ3v) is 4.03. The SMILES string of the molecule is CC(C)([N-]C(=O)c1ccccn1)C(C)(C)[N-]C(=O)c1ccccn1.[Au]. The Kier molecular flexibility index (Phi) is 7.05. The normalized spacial score (nSPS) is 11.2. The van der Waals surface area contributed by atoms with E-state index < -0.39 is 22.9 Å². The van der Waals surface area contributed by atoms with E-state index in [1.54, 1.807) is 64.1 Å². The Morgan fingerprint density at radius 2 is 1.12 bits per heavy atom. The van der Waals surface area contributed by atoms with Crippen molar-refractivity contribution in [3.63, 3.8) is 0 Å². The van der Waals surface area contributed by atoms with Gasteiger partial charge in [-0.2, -0.15) is 0 Å². The first-order valence-corrected chi connectivity index (χ1v) is 7.59. The van der Waals surface area contributed by atoms with Crippen LogP contribution in [-0.4, -0.2) is 32.9 Å². The molecule has 137 valence electrons. The average Bonchev–Trinajstić information content (AvgIpc) is 2.55. The molecule has 2 aromatic heterocycles. The number of nitrogens with zero attached hydrogens (tertiary/aromatic N) is 4. The Morgan fingerprint density at radius 3 is 1.40 bits per heavy atom. The molecule has 0 aliphatic carbocycles. The van der Waals surface area contributed by atoms with E-state index in [9.17, 15) is 9.59 Å². The van der Waals surface area contributed by atoms with Gasteiger partial charge in [-0.25, -0.2) is 0 Å². The van der Waals surface area contributed by atoms with E-state index in [1.165, 1.54) is 12.4 Å². The number of amides is 2. The van der Waals surface area contributed by atoms with Crippen molar-refractivity contribution in [1.82, 2.24) is 9.97 Å². The van der Waals surface area contributed by atoms with Crippen LogP contribution in [0.1, 0.15) is 48.7 Å². The van der Waals surface area contributed by atoms with Gasteiger partial charge in [-0.3, -0.25) is 9.97 Å². The van der Waals surface area contributed by atoms with Gasteiger partial charge in [-0.15, -0.1) is 11.1 Å². The zero-order valence-corrected chi connectivity index (χ0v) is 16.7. The molecule has 2 amide bonds. The molecule has 25 heavy (non-hydrogen) atoms. The Balaban J connectivity index is 0.00000312. The van der Waals surface area contributed by atoms with E-state index in [0.717, 1.165) is 0 Å². The van der Waals surface area contributed by atoms with Crippen LogP contribution in [0.5, 0.6) is 0 Å². The van der Waals surface area contributed by atoms with Gasteiger partial charge in [0.05, 0.1) is 11.4 Å². The van der Waals surface area contributed by atoms with Crippen molar-refractivity contribution in [3.05, 3.63) is 70.8 Å². The van der Waals surface area contributed by atoms with Crippen LogP contribution in [-0.2, 0) is 22.4 Å². The van der Waals surface area contributed by atoms with Gasteiger partial charge in [0.15, 0.2) is 0 Å². The first-order chi connectivity index (χ1) is 11.2. The number of aromatic nitrogens is 2. The summed E-state index contributed by atoms with van der Waals surface area (Å²) in [5.41, 5.74) is -1.27. The van der Waals surface area contributed by atoms with Gasteiger partial charge in [0, 0.05) is 34.8 Å². The molecule has 0 saturated carbocycles. The van der Waals surface area contributed by atoms with E-state index in [-0.39, 0.29) is 33.8 Å². The summed E-state index contributed by atoms with van der Waals surface area (Å²) in [7, 11) is 0. The minimum atomic E-state index is -0.897. The number of pyridine rings is 2. The molecule has 0 aromatic carbocycles. The fourth-order valence-electron chi connectivity index (χ4n) is 1.87. The molecule has 0 aliphatic heterocycles. The number of carbonyl (C=O) groups excluding carboxylic acids is 2. The zero-order chi connectivity index (χ0) is 17.8. The summed E-state index contributed by atoms with van der Waals surface area (Å²) in [4.78, 5) is 32.6. The van der Waals surface area contributed by atoms with Crippen LogP contribution in [0.4, 0.5) is 0 Å². The molecule has 0 N–H and O–H groups in total. The summed E-state index contributed by atoms with van der Waals surface area (Å²) in [6.45, 7) is 7.07. The quantitative estimate of drug-likeness (QED) is 0.561. The number of hydrogen-bond donors (Lipinski definition) is 0. The van der Waals surface area contributed by atoms with Crippen molar-refractivity contribution < 1.29 is 32.0 Å². The topological polar surface area (TPSA) is 88.1 Å². The average molecular weight is 521 g/mol. The molecule has 7 heteroatoms. The molecule has 2 rings (SSSR count). The molecule has 0 saturated heterocycles. The van der Waals surface area contributed by atoms with E-state index in [2.05, 4.69) is 20.6 Å². The van der Waals surface area contributed by atoms with E-state index >= 15 is 0 Å². The largest absolute Gasteiger partial charge is 0.644 e. The van der Waals surface area contributed by atoms with Crippen LogP contribution in [0.3, 0.4) is 0 Å². The fourth-order valence-corrected chi connectivity index (χ4v) is 1.87. The summed E-state index contributed by atoms with van der Waals surface area (Å²) in [5.74, 6) is -0.872. The molecule has 0 unspecified atom stereocenters. The summed E-state index contributed by atoms with van der Waals surface area (Å²) < 4.78 is 0. The molecule has 2 heterocycles. The first-order valence-electron chi connectivity index (χ1n) is 7.59. The number of hydrogen-bond acceptors (Lipinski definition) is 4. The second kappa shape index (κ2) is 8.38. The zero-order valence-electron chi connectivity index (χ0n) is 14.5. The molecule has 0 fully saturated rings. The summed E-state index contributed by atoms with van der Waals surface area (Å²) in [6.07, 6.45) is 3.08. The minimum absolute atomic E-state index is 0. The molecule has 0 atom stereocenters. The molecular weight excluding hydrogens is 501 g/mol. The number of rotatable bonds is 5. The van der Waals surface area contributed by atoms with Crippen molar-refractivity contribution in [2.24, 2.45) is 0 Å². The molecule has 0 bridgehead atoms. The Labute approximate surface area is 163 Å². The van der Waals surface area contributed by atoms with Gasteiger partial charge < -0.3 is 20.2 Å². The van der Waals surface area contributed by atoms with Crippen LogP contribution in [0.2, 0.25) is 0 Å². The molecular formula is C18H20AuN4O2-2. The standard InChI is InChI=1S/C18H22N4O2.Au/c1-17(2,21-15(23)13-9-5-7-11-19-13)18(3,4)22-16(24)14-10-6-8-12-20-14;/h5-12H,1-4H3,(H2,21,22,23,24);/p-2. The van der Waals surface area contributed by atoms with Gasteiger partial charge in [-0.05, 0) is 24.3 Å². The van der Waals surface area contributed by atoms with Crippen LogP contribution >= 0.6 is 0 Å². The monoisotopic (exact) mass is 521 g/mol. The van der Waals surface area contributed by atoms with E-state index in [4.69, 9.17) is 0 Å². The van der Waals surface area contributed by atoms with Crippen molar-refractivity contribution in [2.45, 2.75) is 38.8 Å². The summed E-state index contributed by atoms with van der Waals surface area (Å²) >= 11 is 0. The van der Waals surface area contributed by atoms with Gasteiger partial charge in [-0.1, -0.05) is 39.8 Å². The minimum Gasteiger partial charge on any atom is -0.644 e. The van der Waals surface area contributed by atoms with E-state index in [1.807, 2.05) is 0 Å². The van der Waals surface area contributed by atoms with Gasteiger partial charge in [0.25, 0.3) is 0 Å². The maximum atomic E-state index is 12.3. The van der Waals surface area contributed by atoms with Crippen molar-refractivity contribution in [3.8, 4) is 0 Å². The molecule has 2 aromatic rings. The van der Waals surface area contributed by atoms with Crippen molar-refractivity contribution in [1.29, 1.82) is 0 Å². The maximum Gasteiger partial charge on any atom is 0.101 e. The molecule has 1 radical (unpaired) electrons. The number of carbonyl (C=O) groups is 2. The summed E-state index contributed by atoms with van der Waals surface area (Å²) in [6, 6.07) is 10.1. The van der Waals surface area contributed by atoms with Crippen molar-refractivity contribution in [2.75, 3.05) is 0 Å². The molecule has 6 nitrogen and oxygen atoms in total. The second-order valence-electron chi connectivity index (χ2n) is 6.38. The van der Waals surface area contributed by atoms with Crippen LogP contribution in [0.25, 0.3) is 10.6 Å². The Bertz CT molecular complexity index is 655. The summed E-state index contributed by atoms with van der Waals surface area (Å²) in [5, 5.41) is 8.46. The van der Waals surface area contributed by atoms with Gasteiger partial charge >= 0.3 is 0 Å². The third-order valence-electron chi connectivity index (χ3n) is 4.03. The van der Waals surface area contributed by atoms with Crippen LogP contribution < -0.4 is 0 Å². The van der Waals surface area contributed by atoms with Crippen molar-refractivity contribution >= 4 is 11.8 Å². The van der Waals surface area contributed by atoms with Crippen LogP contribution in [0.15, 0.2) is 48.8 Å². The molecule has 0 spiro atoms. The van der Waals surface area contributed by atoms with E-state index in [0.29, 0.717) is 0 Å². The predicted octanol–water partition coefficient (Wildman–Crippen LogP) is 3.76. The maximum absolute atomic E-state index is 12.3. The first kappa shape index (κ1) is 21.0. The van der Waals surface area contributed by atoms with Gasteiger partial charge in [0.2, 0.25) is 0 Å². The smallest absolute Gasteiger partial charge is 0.101 e. The fraction of sp³-hybridized carbons (Fsp3) is 0.333. The predicted molar refractivity (Wildman–Crippen MR) is 92.0 cm³/mol. The molecule has 0 aliphatic rings. The van der Waals surface area contributed by atoms with Gasteiger partial charge in [0.1, 0.15) is 11.8 Å². The van der Waals surface area contributed by atoms with Crippen LogP contribution in [0, 0.1) is 0 Å². The third kappa shape index (κ3) is 5.22. The second-order valence-corrected chi connectivity index (χ2v) is 6.38. The Hall–Kier alpha value is -2.02.